The fraction of sp³-hybridized carbons (Fsp3) is 0.280. The van der Waals surface area contributed by atoms with Crippen molar-refractivity contribution >= 4 is 29.1 Å². The molecule has 180 valence electrons. The van der Waals surface area contributed by atoms with Crippen LogP contribution in [0, 0.1) is 12.7 Å². The summed E-state index contributed by atoms with van der Waals surface area (Å²) in [6.45, 7) is 6.63. The maximum Gasteiger partial charge on any atom is 1.00 e. The number of piperazine rings is 1. The smallest absolute Gasteiger partial charge is 1.00 e. The summed E-state index contributed by atoms with van der Waals surface area (Å²) in [6, 6.07) is 12.0. The van der Waals surface area contributed by atoms with Gasteiger partial charge in [0, 0.05) is 54.1 Å². The first-order chi connectivity index (χ1) is 15.8. The second kappa shape index (κ2) is 11.4. The zero-order valence-electron chi connectivity index (χ0n) is 19.7. The first-order valence-electron chi connectivity index (χ1n) is 10.7. The molecular weight excluding hydrogens is 500 g/mol. The molecule has 1 saturated heterocycles. The van der Waals surface area contributed by atoms with Gasteiger partial charge in [0.25, 0.3) is 5.91 Å². The number of halogens is 4. The molecule has 1 atom stereocenters. The average Bonchev–Trinajstić information content (AvgIpc) is 2.83. The van der Waals surface area contributed by atoms with E-state index in [1.165, 1.54) is 12.1 Å². The fourth-order valence-corrected chi connectivity index (χ4v) is 4.49. The van der Waals surface area contributed by atoms with Crippen molar-refractivity contribution in [3.05, 3.63) is 81.3 Å². The topological polar surface area (TPSA) is 54.5 Å². The van der Waals surface area contributed by atoms with Gasteiger partial charge in [-0.15, -0.1) is 0 Å². The molecule has 1 N–H and O–H groups in total. The van der Waals surface area contributed by atoms with Gasteiger partial charge in [-0.05, 0) is 49.7 Å². The average molecular weight is 525 g/mol. The molecule has 2 aromatic carbocycles. The zero-order chi connectivity index (χ0) is 23.5. The number of rotatable bonds is 5. The second-order valence-electron chi connectivity index (χ2n) is 7.94. The molecule has 34 heavy (non-hydrogen) atoms. The SMILES string of the molecule is Cc1ncc(-c2ccc(C(=O)N3CCNCC3)cc2)cc1OC(C)c1c(Cl)ccc(F)c1Cl.[Cl-].[H+]. The minimum absolute atomic E-state index is 0. The summed E-state index contributed by atoms with van der Waals surface area (Å²) in [4.78, 5) is 19.0. The third-order valence-electron chi connectivity index (χ3n) is 5.70. The van der Waals surface area contributed by atoms with E-state index >= 15 is 0 Å². The Hall–Kier alpha value is -2.38. The van der Waals surface area contributed by atoms with E-state index in [1.54, 1.807) is 13.1 Å². The largest absolute Gasteiger partial charge is 1.00 e. The summed E-state index contributed by atoms with van der Waals surface area (Å²) in [6.07, 6.45) is 1.16. The van der Waals surface area contributed by atoms with Crippen LogP contribution in [0.15, 0.2) is 48.7 Å². The van der Waals surface area contributed by atoms with E-state index in [2.05, 4.69) is 10.3 Å². The van der Waals surface area contributed by atoms with Crippen LogP contribution in [0.2, 0.25) is 10.0 Å². The molecule has 0 radical (unpaired) electrons. The number of carbonyl (C=O) groups is 1. The molecule has 0 saturated carbocycles. The highest BCUT2D eigenvalue weighted by Crippen LogP contribution is 2.36. The first-order valence-corrected chi connectivity index (χ1v) is 11.5. The van der Waals surface area contributed by atoms with E-state index in [9.17, 15) is 9.18 Å². The number of aromatic nitrogens is 1. The lowest BCUT2D eigenvalue weighted by Crippen LogP contribution is -3.00. The summed E-state index contributed by atoms with van der Waals surface area (Å²) in [5, 5.41) is 3.53. The monoisotopic (exact) mass is 523 g/mol. The van der Waals surface area contributed by atoms with Crippen molar-refractivity contribution in [2.24, 2.45) is 0 Å². The number of nitrogens with one attached hydrogen (secondary N) is 1. The van der Waals surface area contributed by atoms with Crippen molar-refractivity contribution in [3.63, 3.8) is 0 Å². The molecule has 4 rings (SSSR count). The van der Waals surface area contributed by atoms with Gasteiger partial charge in [-0.2, -0.15) is 0 Å². The summed E-state index contributed by atoms with van der Waals surface area (Å²) in [5.41, 5.74) is 3.46. The third-order valence-corrected chi connectivity index (χ3v) is 6.41. The van der Waals surface area contributed by atoms with Crippen LogP contribution in [0.25, 0.3) is 11.1 Å². The van der Waals surface area contributed by atoms with Crippen molar-refractivity contribution in [1.82, 2.24) is 15.2 Å². The molecule has 3 aromatic rings. The molecule has 0 bridgehead atoms. The number of hydrogen-bond donors (Lipinski definition) is 1. The van der Waals surface area contributed by atoms with Crippen LogP contribution >= 0.6 is 23.2 Å². The van der Waals surface area contributed by atoms with E-state index in [0.717, 1.165) is 24.2 Å². The Balaban J connectivity index is 0.00000216. The highest BCUT2D eigenvalue weighted by molar-refractivity contribution is 6.36. The van der Waals surface area contributed by atoms with Gasteiger partial charge in [0.15, 0.2) is 0 Å². The summed E-state index contributed by atoms with van der Waals surface area (Å²) in [5.74, 6) is 0.0229. The van der Waals surface area contributed by atoms with Gasteiger partial charge in [-0.3, -0.25) is 9.78 Å². The highest BCUT2D eigenvalue weighted by atomic mass is 35.5. The van der Waals surface area contributed by atoms with E-state index in [-0.39, 0.29) is 24.8 Å². The van der Waals surface area contributed by atoms with Gasteiger partial charge in [0.05, 0.1) is 10.7 Å². The summed E-state index contributed by atoms with van der Waals surface area (Å²) < 4.78 is 20.0. The Kier molecular flexibility index (Phi) is 8.77. The van der Waals surface area contributed by atoms with Gasteiger partial charge in [0.1, 0.15) is 17.7 Å². The predicted octanol–water partition coefficient (Wildman–Crippen LogP) is 2.80. The standard InChI is InChI=1S/C25H24Cl2FN3O2.ClH/c1-15-22(33-16(2)23-20(26)7-8-21(28)24(23)27)13-19(14-30-15)17-3-5-18(6-4-17)25(32)31-11-9-29-10-12-31;/h3-8,13-14,16,29H,9-12H2,1-2H3;1H. The predicted molar refractivity (Wildman–Crippen MR) is 130 cm³/mol. The minimum Gasteiger partial charge on any atom is -1.00 e. The van der Waals surface area contributed by atoms with Gasteiger partial charge in [0.2, 0.25) is 0 Å². The summed E-state index contributed by atoms with van der Waals surface area (Å²) in [7, 11) is 0. The van der Waals surface area contributed by atoms with Crippen molar-refractivity contribution in [3.8, 4) is 16.9 Å². The maximum atomic E-state index is 13.9. The van der Waals surface area contributed by atoms with Crippen LogP contribution in [0.5, 0.6) is 5.75 Å². The van der Waals surface area contributed by atoms with Crippen LogP contribution < -0.4 is 22.5 Å². The van der Waals surface area contributed by atoms with Crippen molar-refractivity contribution < 1.29 is 27.8 Å². The van der Waals surface area contributed by atoms with Crippen molar-refractivity contribution in [2.45, 2.75) is 20.0 Å². The molecule has 1 aromatic heterocycles. The van der Waals surface area contributed by atoms with Crippen LogP contribution in [0.1, 0.15) is 36.1 Å². The fourth-order valence-electron chi connectivity index (χ4n) is 3.81. The van der Waals surface area contributed by atoms with Gasteiger partial charge in [-0.25, -0.2) is 4.39 Å². The number of benzene rings is 2. The Labute approximate surface area is 216 Å². The van der Waals surface area contributed by atoms with Crippen LogP contribution in [0.3, 0.4) is 0 Å². The first kappa shape index (κ1) is 26.2. The van der Waals surface area contributed by atoms with E-state index in [0.29, 0.717) is 40.7 Å². The number of nitrogens with zero attached hydrogens (tertiary/aromatic N) is 2. The molecule has 9 heteroatoms. The number of hydrogen-bond acceptors (Lipinski definition) is 4. The molecule has 5 nitrogen and oxygen atoms in total. The summed E-state index contributed by atoms with van der Waals surface area (Å²) >= 11 is 12.4. The Morgan fingerprint density at radius 3 is 2.50 bits per heavy atom. The quantitative estimate of drug-likeness (QED) is 0.522. The Morgan fingerprint density at radius 1 is 1.15 bits per heavy atom. The molecule has 0 spiro atoms. The highest BCUT2D eigenvalue weighted by Gasteiger charge is 2.20. The van der Waals surface area contributed by atoms with E-state index < -0.39 is 11.9 Å². The van der Waals surface area contributed by atoms with Crippen LogP contribution in [0.4, 0.5) is 4.39 Å². The molecule has 0 aliphatic carbocycles. The maximum absolute atomic E-state index is 13.9. The molecule has 1 amide bonds. The van der Waals surface area contributed by atoms with E-state index in [1.807, 2.05) is 42.2 Å². The molecule has 1 fully saturated rings. The van der Waals surface area contributed by atoms with Gasteiger partial charge < -0.3 is 27.4 Å². The lowest BCUT2D eigenvalue weighted by Gasteiger charge is -2.27. The number of pyridine rings is 1. The zero-order valence-corrected chi connectivity index (χ0v) is 21.0. The number of aryl methyl sites for hydroxylation is 1. The molecule has 1 aliphatic rings. The molecular formula is C25H25Cl3FN3O2. The molecule has 1 aliphatic heterocycles. The lowest BCUT2D eigenvalue weighted by atomic mass is 10.0. The number of carbonyl (C=O) groups excluding carboxylic acids is 1. The number of ether oxygens (including phenoxy) is 1. The van der Waals surface area contributed by atoms with Crippen LogP contribution in [-0.2, 0) is 0 Å². The molecule has 2 heterocycles. The van der Waals surface area contributed by atoms with Crippen molar-refractivity contribution in [1.29, 1.82) is 0 Å². The normalized spacial score (nSPS) is 14.3. The lowest BCUT2D eigenvalue weighted by molar-refractivity contribution is -0.0000177. The minimum atomic E-state index is -0.588. The third kappa shape index (κ3) is 5.63. The van der Waals surface area contributed by atoms with Gasteiger partial charge in [-0.1, -0.05) is 35.3 Å². The van der Waals surface area contributed by atoms with Gasteiger partial charge >= 0.3 is 1.43 Å². The second-order valence-corrected chi connectivity index (χ2v) is 8.73. The Morgan fingerprint density at radius 2 is 1.82 bits per heavy atom. The van der Waals surface area contributed by atoms with Crippen LogP contribution in [-0.4, -0.2) is 42.0 Å². The number of amides is 1. The van der Waals surface area contributed by atoms with E-state index in [4.69, 9.17) is 27.9 Å². The Bertz CT molecular complexity index is 1180. The molecule has 1 unspecified atom stereocenters. The van der Waals surface area contributed by atoms with Crippen molar-refractivity contribution in [2.75, 3.05) is 26.2 Å².